The van der Waals surface area contributed by atoms with Crippen molar-refractivity contribution < 1.29 is 71.6 Å². The number of thiazole rings is 1. The number of nitrogens with zero attached hydrogens (tertiary/aromatic N) is 6. The number of ether oxygens (including phenoxy) is 7. The fraction of sp³-hybridized carbons (Fsp3) is 0.413. The SMILES string of the molecule is COc1ccc(COC(=O)C2=C(C[N+]34CCC(Cn5ncc6cc(OCc7ccc(OC)cc7)c(OCc7ccc(OC)cc7)cc6c5=O)(CC3)CC4)[C@H](C)S[C@@H]3[C@H](NC(=O)/C(=N\OC(C)(C)C(=O)O)c4csc(NC(=O)OC(C)(C)C)n4)C(=O)N23)cc1. The highest BCUT2D eigenvalue weighted by Crippen LogP contribution is 2.49. The molecule has 6 aromatic rings. The Morgan fingerprint density at radius 3 is 1.90 bits per heavy atom. The number of fused-ring (bicyclic) bond motifs is 5. The number of quaternary nitrogens is 1. The minimum atomic E-state index is -1.88. The lowest BCUT2D eigenvalue weighted by Crippen LogP contribution is -2.72. The van der Waals surface area contributed by atoms with Crippen molar-refractivity contribution in [2.24, 2.45) is 10.6 Å². The molecule has 2 aromatic heterocycles. The van der Waals surface area contributed by atoms with Crippen molar-refractivity contribution in [1.82, 2.24) is 25.0 Å². The number of amides is 3. The van der Waals surface area contributed by atoms with Crippen molar-refractivity contribution in [3.8, 4) is 28.7 Å². The molecule has 7 heterocycles. The fourth-order valence-corrected chi connectivity index (χ4v) is 13.1. The van der Waals surface area contributed by atoms with E-state index in [1.807, 2.05) is 55.5 Å². The number of aliphatic carboxylic acids is 1. The minimum absolute atomic E-state index is 0.0442. The molecule has 0 radical (unpaired) electrons. The number of piperidine rings is 3. The number of carbonyl (C=O) groups is 5. The largest absolute Gasteiger partial charge is 0.497 e. The summed E-state index contributed by atoms with van der Waals surface area (Å²) < 4.78 is 42.4. The third-order valence-corrected chi connectivity index (χ3v) is 18.5. The molecule has 0 spiro atoms. The molecular weight excluding hydrogens is 1170 g/mol. The molecule has 25 heteroatoms. The Hall–Kier alpha value is -8.68. The first-order valence-corrected chi connectivity index (χ1v) is 30.5. The molecule has 4 saturated heterocycles. The van der Waals surface area contributed by atoms with Crippen molar-refractivity contribution in [3.05, 3.63) is 141 Å². The van der Waals surface area contributed by atoms with Gasteiger partial charge in [-0.3, -0.25) is 24.6 Å². The first kappa shape index (κ1) is 62.4. The maximum Gasteiger partial charge on any atom is 0.413 e. The number of nitrogens with one attached hydrogen (secondary N) is 2. The van der Waals surface area contributed by atoms with Crippen LogP contribution < -0.4 is 39.9 Å². The summed E-state index contributed by atoms with van der Waals surface area (Å²) in [5.74, 6) is -0.629. The average molecular weight is 1240 g/mol. The number of hydrogen-bond acceptors (Lipinski definition) is 19. The smallest absolute Gasteiger partial charge is 0.413 e. The molecule has 4 fully saturated rings. The molecule has 5 aliphatic rings. The van der Waals surface area contributed by atoms with Gasteiger partial charge in [0.25, 0.3) is 17.4 Å². The molecule has 88 heavy (non-hydrogen) atoms. The predicted octanol–water partition coefficient (Wildman–Crippen LogP) is 8.45. The zero-order chi connectivity index (χ0) is 62.7. The molecule has 464 valence electrons. The van der Waals surface area contributed by atoms with Crippen LogP contribution in [0.3, 0.4) is 0 Å². The van der Waals surface area contributed by atoms with Crippen LogP contribution in [0.4, 0.5) is 9.93 Å². The van der Waals surface area contributed by atoms with Gasteiger partial charge in [-0.15, -0.1) is 23.1 Å². The van der Waals surface area contributed by atoms with E-state index < -0.39 is 58.2 Å². The van der Waals surface area contributed by atoms with E-state index >= 15 is 0 Å². The van der Waals surface area contributed by atoms with Crippen molar-refractivity contribution >= 4 is 74.6 Å². The van der Waals surface area contributed by atoms with Crippen LogP contribution in [0.1, 0.15) is 83.2 Å². The highest BCUT2D eigenvalue weighted by atomic mass is 32.2. The molecule has 3 N–H and O–H groups in total. The van der Waals surface area contributed by atoms with Gasteiger partial charge in [-0.2, -0.15) is 5.10 Å². The van der Waals surface area contributed by atoms with Gasteiger partial charge in [-0.25, -0.2) is 24.0 Å². The Bertz CT molecular complexity index is 3720. The lowest BCUT2D eigenvalue weighted by atomic mass is 9.70. The van der Waals surface area contributed by atoms with Crippen molar-refractivity contribution in [2.75, 3.05) is 52.8 Å². The Morgan fingerprint density at radius 1 is 0.795 bits per heavy atom. The van der Waals surface area contributed by atoms with Gasteiger partial charge in [-0.1, -0.05) is 41.6 Å². The molecule has 5 aliphatic heterocycles. The molecule has 0 saturated carbocycles. The number of anilines is 1. The second-order valence-corrected chi connectivity index (χ2v) is 26.1. The van der Waals surface area contributed by atoms with Gasteiger partial charge in [-0.05, 0) is 107 Å². The number of esters is 1. The molecule has 0 aliphatic carbocycles. The van der Waals surface area contributed by atoms with E-state index in [1.54, 1.807) is 89.4 Å². The van der Waals surface area contributed by atoms with E-state index in [1.165, 1.54) is 35.9 Å². The highest BCUT2D eigenvalue weighted by Gasteiger charge is 2.58. The summed E-state index contributed by atoms with van der Waals surface area (Å²) >= 11 is 2.36. The Labute approximate surface area is 516 Å². The third-order valence-electron chi connectivity index (χ3n) is 16.2. The number of oxime groups is 1. The summed E-state index contributed by atoms with van der Waals surface area (Å²) in [6.07, 6.45) is 3.22. The Kier molecular flexibility index (Phi) is 18.1. The van der Waals surface area contributed by atoms with Crippen LogP contribution in [0.5, 0.6) is 28.7 Å². The van der Waals surface area contributed by atoms with E-state index in [-0.39, 0.29) is 52.6 Å². The number of carboxylic acid groups (broad SMARTS) is 1. The van der Waals surface area contributed by atoms with E-state index in [0.717, 1.165) is 78.4 Å². The molecular formula is C63H71N8O15S2+. The fourth-order valence-electron chi connectivity index (χ4n) is 11.0. The number of β-lactam (4-membered cyclic amide) rings is 1. The number of aromatic nitrogens is 3. The highest BCUT2D eigenvalue weighted by molar-refractivity contribution is 8.00. The van der Waals surface area contributed by atoms with Crippen molar-refractivity contribution in [3.63, 3.8) is 0 Å². The zero-order valence-corrected chi connectivity index (χ0v) is 52.0. The van der Waals surface area contributed by atoms with Crippen LogP contribution in [-0.2, 0) is 59.9 Å². The number of carbonyl (C=O) groups excluding carboxylic acids is 4. The van der Waals surface area contributed by atoms with E-state index in [9.17, 15) is 33.9 Å². The van der Waals surface area contributed by atoms with Crippen LogP contribution in [0.15, 0.2) is 118 Å². The molecule has 3 amide bonds. The van der Waals surface area contributed by atoms with Crippen LogP contribution >= 0.6 is 23.1 Å². The number of hydrogen-bond donors (Lipinski definition) is 3. The van der Waals surface area contributed by atoms with E-state index in [0.29, 0.717) is 51.2 Å². The average Bonchev–Trinajstić information content (AvgIpc) is 1.53. The number of thioether (sulfide) groups is 1. The summed E-state index contributed by atoms with van der Waals surface area (Å²) in [5, 5.41) is 25.2. The summed E-state index contributed by atoms with van der Waals surface area (Å²) in [5.41, 5.74) is -0.387. The summed E-state index contributed by atoms with van der Waals surface area (Å²) in [6, 6.07) is 24.6. The quantitative estimate of drug-likeness (QED) is 0.0178. The maximum atomic E-state index is 14.7. The topological polar surface area (TPSA) is 267 Å². The first-order chi connectivity index (χ1) is 42.0. The monoisotopic (exact) mass is 1240 g/mol. The number of carboxylic acids is 1. The van der Waals surface area contributed by atoms with Crippen molar-refractivity contribution in [1.29, 1.82) is 0 Å². The second-order valence-electron chi connectivity index (χ2n) is 23.8. The van der Waals surface area contributed by atoms with Crippen LogP contribution in [0.2, 0.25) is 0 Å². The molecule has 23 nitrogen and oxygen atoms in total. The standard InChI is InChI=1S/C63H70N8O15S2/c1-37-46(31-71-25-22-63(23-26-71,24-27-71)36-69-54(73)45-29-49(83-33-39-12-18-43(80-8)19-13-39)48(28-41(45)30-64-69)82-32-38-10-16-42(79-7)17-11-38)52(57(75)84-34-40-14-20-44(81-9)21-15-40)70-55(74)51(56(70)88-37)66-53(72)50(68-86-62(5,6)58(76)77)47-35-87-59(65-47)67-60(78)85-61(2,3)4/h10-21,28-30,35,37,51,56H,22-27,31-34,36H2,1-9H3,(H2-,65,66,67,72,76,77,78)/p+1/b68-50-/t37-,51+,56+,63?,71?/m0/s1. The molecule has 3 atom stereocenters. The predicted molar refractivity (Wildman–Crippen MR) is 327 cm³/mol. The van der Waals surface area contributed by atoms with Gasteiger partial charge >= 0.3 is 18.0 Å². The van der Waals surface area contributed by atoms with Gasteiger partial charge in [0.05, 0.1) is 59.1 Å². The van der Waals surface area contributed by atoms with Gasteiger partial charge in [0.1, 0.15) is 72.0 Å². The van der Waals surface area contributed by atoms with Crippen LogP contribution in [0.25, 0.3) is 10.8 Å². The Morgan fingerprint density at radius 2 is 1.35 bits per heavy atom. The summed E-state index contributed by atoms with van der Waals surface area (Å²) in [4.78, 5) is 94.0. The maximum absolute atomic E-state index is 14.7. The first-order valence-electron chi connectivity index (χ1n) is 28.7. The van der Waals surface area contributed by atoms with Gasteiger partial charge in [0.2, 0.25) is 5.60 Å². The molecule has 4 aromatic carbocycles. The lowest BCUT2D eigenvalue weighted by Gasteiger charge is -2.56. The number of methoxy groups -OCH3 is 3. The summed E-state index contributed by atoms with van der Waals surface area (Å²) in [7, 11) is 4.78. The number of rotatable bonds is 23. The van der Waals surface area contributed by atoms with E-state index in [2.05, 4.69) is 20.8 Å². The minimum Gasteiger partial charge on any atom is -0.497 e. The van der Waals surface area contributed by atoms with Gasteiger partial charge in [0, 0.05) is 46.3 Å². The van der Waals surface area contributed by atoms with Gasteiger partial charge < -0.3 is 52.9 Å². The Balaban J connectivity index is 0.878. The zero-order valence-electron chi connectivity index (χ0n) is 50.4. The van der Waals surface area contributed by atoms with Crippen LogP contribution in [0, 0.1) is 5.41 Å². The van der Waals surface area contributed by atoms with Crippen LogP contribution in [-0.4, -0.2) is 140 Å². The molecule has 2 bridgehead atoms. The molecule has 11 rings (SSSR count). The van der Waals surface area contributed by atoms with Gasteiger partial charge in [0.15, 0.2) is 22.3 Å². The number of benzene rings is 4. The lowest BCUT2D eigenvalue weighted by molar-refractivity contribution is -0.941. The third kappa shape index (κ3) is 13.9. The summed E-state index contributed by atoms with van der Waals surface area (Å²) in [6.45, 7) is 13.0. The second kappa shape index (κ2) is 25.6. The molecule has 0 unspecified atom stereocenters. The normalized spacial score (nSPS) is 20.7. The van der Waals surface area contributed by atoms with Crippen molar-refractivity contribution in [2.45, 2.75) is 115 Å². The van der Waals surface area contributed by atoms with E-state index in [4.69, 9.17) is 43.1 Å².